The number of anilines is 1. The number of aryl methyl sites for hydroxylation is 1. The van der Waals surface area contributed by atoms with E-state index in [1.165, 1.54) is 0 Å². The Morgan fingerprint density at radius 3 is 2.88 bits per heavy atom. The van der Waals surface area contributed by atoms with Crippen LogP contribution in [0.1, 0.15) is 18.2 Å². The van der Waals surface area contributed by atoms with Crippen LogP contribution >= 0.6 is 24.0 Å². The van der Waals surface area contributed by atoms with E-state index >= 15 is 0 Å². The molecule has 0 aliphatic heterocycles. The summed E-state index contributed by atoms with van der Waals surface area (Å²) in [6, 6.07) is 3.79. The minimum atomic E-state index is 0.409. The third-order valence-corrected chi connectivity index (χ3v) is 3.42. The van der Waals surface area contributed by atoms with Crippen molar-refractivity contribution in [1.29, 1.82) is 0 Å². The molecule has 1 heterocycles. The summed E-state index contributed by atoms with van der Waals surface area (Å²) in [6.45, 7) is 4.99. The lowest BCUT2D eigenvalue weighted by molar-refractivity contribution is 0.987. The highest BCUT2D eigenvalue weighted by atomic mass is 32.2. The molecule has 0 saturated heterocycles. The van der Waals surface area contributed by atoms with E-state index < -0.39 is 0 Å². The number of aromatic nitrogens is 1. The van der Waals surface area contributed by atoms with Crippen LogP contribution in [0.5, 0.6) is 0 Å². The van der Waals surface area contributed by atoms with E-state index in [9.17, 15) is 0 Å². The number of thiocarbonyl (C=S) groups is 1. The monoisotopic (exact) mass is 255 g/mol. The summed E-state index contributed by atoms with van der Waals surface area (Å²) in [7, 11) is 0. The molecule has 0 bridgehead atoms. The molecule has 16 heavy (non-hydrogen) atoms. The van der Waals surface area contributed by atoms with E-state index in [4.69, 9.17) is 18.0 Å². The topological polar surface area (TPSA) is 50.9 Å². The van der Waals surface area contributed by atoms with Gasteiger partial charge in [0.25, 0.3) is 0 Å². The Morgan fingerprint density at radius 2 is 2.31 bits per heavy atom. The highest BCUT2D eigenvalue weighted by Gasteiger charge is 2.04. The summed E-state index contributed by atoms with van der Waals surface area (Å²) in [5.74, 6) is 0.837. The number of rotatable bonds is 5. The second-order valence-electron chi connectivity index (χ2n) is 3.67. The first kappa shape index (κ1) is 13.3. The standard InChI is InChI=1S/C11H17N3S2/c1-7-4-9(11(12)15)5-10(14-7)13-6-8(2)16-3/h4-5,8H,6H2,1-3H3,(H2,12,15)(H,13,14). The molecule has 0 radical (unpaired) electrons. The first-order chi connectivity index (χ1) is 7.52. The van der Waals surface area contributed by atoms with Crippen LogP contribution in [0.2, 0.25) is 0 Å². The summed E-state index contributed by atoms with van der Waals surface area (Å²) in [4.78, 5) is 4.80. The molecule has 88 valence electrons. The van der Waals surface area contributed by atoms with Crippen LogP contribution in [0, 0.1) is 6.92 Å². The second-order valence-corrected chi connectivity index (χ2v) is 5.39. The number of pyridine rings is 1. The fraction of sp³-hybridized carbons (Fsp3) is 0.455. The minimum Gasteiger partial charge on any atom is -0.389 e. The van der Waals surface area contributed by atoms with Gasteiger partial charge in [0.05, 0.1) is 0 Å². The smallest absolute Gasteiger partial charge is 0.126 e. The molecule has 0 amide bonds. The van der Waals surface area contributed by atoms with Crippen LogP contribution in [0.15, 0.2) is 12.1 Å². The number of thioether (sulfide) groups is 1. The van der Waals surface area contributed by atoms with E-state index in [0.29, 0.717) is 10.2 Å². The zero-order valence-corrected chi connectivity index (χ0v) is 11.4. The molecular weight excluding hydrogens is 238 g/mol. The minimum absolute atomic E-state index is 0.409. The van der Waals surface area contributed by atoms with E-state index in [2.05, 4.69) is 23.5 Å². The predicted molar refractivity (Wildman–Crippen MR) is 76.3 cm³/mol. The highest BCUT2D eigenvalue weighted by molar-refractivity contribution is 7.99. The fourth-order valence-corrected chi connectivity index (χ4v) is 1.60. The maximum atomic E-state index is 5.61. The molecule has 5 heteroatoms. The number of nitrogens with one attached hydrogen (secondary N) is 1. The van der Waals surface area contributed by atoms with Gasteiger partial charge >= 0.3 is 0 Å². The lowest BCUT2D eigenvalue weighted by Crippen LogP contribution is -2.15. The van der Waals surface area contributed by atoms with Crippen molar-refractivity contribution in [3.8, 4) is 0 Å². The molecule has 1 aromatic rings. The average molecular weight is 255 g/mol. The van der Waals surface area contributed by atoms with Crippen molar-refractivity contribution in [2.24, 2.45) is 5.73 Å². The highest BCUT2D eigenvalue weighted by Crippen LogP contribution is 2.12. The van der Waals surface area contributed by atoms with Gasteiger partial charge in [-0.2, -0.15) is 11.8 Å². The summed E-state index contributed by atoms with van der Waals surface area (Å²) >= 11 is 6.78. The Bertz CT molecular complexity index is 379. The Balaban J connectivity index is 2.76. The van der Waals surface area contributed by atoms with E-state index in [1.54, 1.807) is 0 Å². The molecule has 0 fully saturated rings. The van der Waals surface area contributed by atoms with Gasteiger partial charge in [-0.3, -0.25) is 0 Å². The first-order valence-electron chi connectivity index (χ1n) is 5.08. The van der Waals surface area contributed by atoms with Crippen molar-refractivity contribution in [3.63, 3.8) is 0 Å². The van der Waals surface area contributed by atoms with Crippen molar-refractivity contribution in [2.75, 3.05) is 18.1 Å². The molecular formula is C11H17N3S2. The average Bonchev–Trinajstić information content (AvgIpc) is 2.25. The Hall–Kier alpha value is -0.810. The molecule has 1 aromatic heterocycles. The van der Waals surface area contributed by atoms with E-state index in [1.807, 2.05) is 30.8 Å². The van der Waals surface area contributed by atoms with Crippen LogP contribution in [-0.4, -0.2) is 28.0 Å². The molecule has 1 atom stereocenters. The third kappa shape index (κ3) is 3.98. The van der Waals surface area contributed by atoms with Crippen LogP contribution in [0.4, 0.5) is 5.82 Å². The lowest BCUT2D eigenvalue weighted by atomic mass is 10.2. The molecule has 0 aliphatic carbocycles. The largest absolute Gasteiger partial charge is 0.389 e. The summed E-state index contributed by atoms with van der Waals surface area (Å²) < 4.78 is 0. The van der Waals surface area contributed by atoms with Crippen LogP contribution in [0.3, 0.4) is 0 Å². The van der Waals surface area contributed by atoms with Gasteiger partial charge < -0.3 is 11.1 Å². The van der Waals surface area contributed by atoms with Gasteiger partial charge in [-0.15, -0.1) is 0 Å². The van der Waals surface area contributed by atoms with Crippen molar-refractivity contribution >= 4 is 34.8 Å². The van der Waals surface area contributed by atoms with Gasteiger partial charge in [0.1, 0.15) is 10.8 Å². The zero-order valence-electron chi connectivity index (χ0n) is 9.78. The lowest BCUT2D eigenvalue weighted by Gasteiger charge is -2.11. The van der Waals surface area contributed by atoms with Crippen molar-refractivity contribution < 1.29 is 0 Å². The molecule has 1 unspecified atom stereocenters. The molecule has 0 saturated carbocycles. The number of hydrogen-bond donors (Lipinski definition) is 2. The summed E-state index contributed by atoms with van der Waals surface area (Å²) in [5.41, 5.74) is 7.39. The fourth-order valence-electron chi connectivity index (χ4n) is 1.23. The summed E-state index contributed by atoms with van der Waals surface area (Å²) in [5, 5.41) is 3.84. The molecule has 1 rings (SSSR count). The molecule has 3 N–H and O–H groups in total. The molecule has 3 nitrogen and oxygen atoms in total. The van der Waals surface area contributed by atoms with Gasteiger partial charge in [-0.1, -0.05) is 19.1 Å². The van der Waals surface area contributed by atoms with Gasteiger partial charge in [-0.05, 0) is 25.3 Å². The van der Waals surface area contributed by atoms with Crippen molar-refractivity contribution in [2.45, 2.75) is 19.1 Å². The van der Waals surface area contributed by atoms with E-state index in [0.717, 1.165) is 23.6 Å². The third-order valence-electron chi connectivity index (χ3n) is 2.21. The molecule has 0 aromatic carbocycles. The molecule has 0 aliphatic rings. The Kier molecular flexibility index (Phi) is 5.02. The normalized spacial score (nSPS) is 12.2. The van der Waals surface area contributed by atoms with Crippen LogP contribution < -0.4 is 11.1 Å². The van der Waals surface area contributed by atoms with E-state index in [-0.39, 0.29) is 0 Å². The maximum Gasteiger partial charge on any atom is 0.126 e. The summed E-state index contributed by atoms with van der Waals surface area (Å²) in [6.07, 6.45) is 2.09. The van der Waals surface area contributed by atoms with Crippen LogP contribution in [0.25, 0.3) is 0 Å². The zero-order chi connectivity index (χ0) is 12.1. The van der Waals surface area contributed by atoms with Crippen molar-refractivity contribution in [3.05, 3.63) is 23.4 Å². The first-order valence-corrected chi connectivity index (χ1v) is 6.77. The van der Waals surface area contributed by atoms with Gasteiger partial charge in [0.2, 0.25) is 0 Å². The van der Waals surface area contributed by atoms with Crippen molar-refractivity contribution in [1.82, 2.24) is 4.98 Å². The number of hydrogen-bond acceptors (Lipinski definition) is 4. The molecule has 0 spiro atoms. The Labute approximate surface area is 106 Å². The number of nitrogens with zero attached hydrogens (tertiary/aromatic N) is 1. The number of nitrogens with two attached hydrogens (primary N) is 1. The second kappa shape index (κ2) is 6.06. The predicted octanol–water partition coefficient (Wildman–Crippen LogP) is 2.19. The van der Waals surface area contributed by atoms with Crippen LogP contribution in [-0.2, 0) is 0 Å². The van der Waals surface area contributed by atoms with Gasteiger partial charge in [0.15, 0.2) is 0 Å². The van der Waals surface area contributed by atoms with Gasteiger partial charge in [0, 0.05) is 23.1 Å². The quantitative estimate of drug-likeness (QED) is 0.790. The maximum absolute atomic E-state index is 5.61. The Morgan fingerprint density at radius 1 is 1.62 bits per heavy atom. The SMILES string of the molecule is CSC(C)CNc1cc(C(N)=S)cc(C)n1. The van der Waals surface area contributed by atoms with Gasteiger partial charge in [-0.25, -0.2) is 4.98 Å².